The smallest absolute Gasteiger partial charge is 0.211 e. The van der Waals surface area contributed by atoms with Gasteiger partial charge < -0.3 is 14.7 Å². The third kappa shape index (κ3) is 2.70. The Kier molecular flexibility index (Phi) is 4.01. The molecule has 20 heavy (non-hydrogen) atoms. The van der Waals surface area contributed by atoms with Crippen LogP contribution >= 0.6 is 11.3 Å². The summed E-state index contributed by atoms with van der Waals surface area (Å²) in [6, 6.07) is 2.19. The highest BCUT2D eigenvalue weighted by molar-refractivity contribution is 7.10. The Bertz CT molecular complexity index is 576. The molecule has 0 saturated carbocycles. The first-order valence-electron chi connectivity index (χ1n) is 6.88. The second-order valence-electron chi connectivity index (χ2n) is 4.73. The lowest BCUT2D eigenvalue weighted by atomic mass is 10.1. The average molecular weight is 290 g/mol. The molecule has 3 rings (SSSR count). The fourth-order valence-electron chi connectivity index (χ4n) is 2.27. The molecule has 2 aromatic rings. The largest absolute Gasteiger partial charge is 0.394 e. The van der Waals surface area contributed by atoms with Crippen LogP contribution in [0.2, 0.25) is 0 Å². The third-order valence-electron chi connectivity index (χ3n) is 3.26. The van der Waals surface area contributed by atoms with Crippen molar-refractivity contribution in [1.82, 2.24) is 14.9 Å². The van der Waals surface area contributed by atoms with E-state index in [2.05, 4.69) is 38.4 Å². The number of rotatable bonds is 4. The van der Waals surface area contributed by atoms with E-state index < -0.39 is 0 Å². The lowest BCUT2D eigenvalue weighted by Crippen LogP contribution is -2.36. The summed E-state index contributed by atoms with van der Waals surface area (Å²) in [7, 11) is 0. The van der Waals surface area contributed by atoms with Crippen LogP contribution in [0.15, 0.2) is 29.0 Å². The van der Waals surface area contributed by atoms with E-state index in [0.29, 0.717) is 6.61 Å². The lowest BCUT2D eigenvalue weighted by molar-refractivity contribution is 0.139. The molecule has 3 heterocycles. The van der Waals surface area contributed by atoms with Crippen molar-refractivity contribution < 1.29 is 4.84 Å². The van der Waals surface area contributed by atoms with Crippen molar-refractivity contribution in [3.05, 3.63) is 40.1 Å². The van der Waals surface area contributed by atoms with Crippen LogP contribution in [0.4, 0.5) is 0 Å². The van der Waals surface area contributed by atoms with E-state index in [1.807, 2.05) is 17.5 Å². The predicted octanol–water partition coefficient (Wildman–Crippen LogP) is 2.62. The number of amidine groups is 1. The van der Waals surface area contributed by atoms with E-state index in [1.54, 1.807) is 6.20 Å². The second kappa shape index (κ2) is 6.09. The van der Waals surface area contributed by atoms with Gasteiger partial charge in [-0.15, -0.1) is 11.3 Å². The minimum absolute atomic E-state index is 0.627. The Morgan fingerprint density at radius 3 is 3.35 bits per heavy atom. The maximum absolute atomic E-state index is 5.38. The van der Waals surface area contributed by atoms with Gasteiger partial charge in [0.05, 0.1) is 0 Å². The number of nitrogens with zero attached hydrogens (tertiary/aromatic N) is 3. The molecule has 1 aliphatic heterocycles. The Hall–Kier alpha value is -1.82. The summed E-state index contributed by atoms with van der Waals surface area (Å²) < 4.78 is 0. The van der Waals surface area contributed by atoms with Crippen LogP contribution < -0.4 is 0 Å². The molecule has 0 radical (unpaired) electrons. The molecule has 0 aromatic carbocycles. The van der Waals surface area contributed by atoms with Gasteiger partial charge in [-0.2, -0.15) is 0 Å². The zero-order valence-electron chi connectivity index (χ0n) is 11.5. The molecule has 106 valence electrons. The topological polar surface area (TPSA) is 53.5 Å². The average Bonchev–Trinajstić information content (AvgIpc) is 3.13. The van der Waals surface area contributed by atoms with E-state index >= 15 is 0 Å². The van der Waals surface area contributed by atoms with E-state index in [4.69, 9.17) is 4.84 Å². The molecule has 1 N–H and O–H groups in total. The molecule has 0 fully saturated rings. The molecule has 2 aromatic heterocycles. The SMILES string of the molecule is CCCO/N=C(/c1ncc[nH]1)N1CCc2sccc2C1. The van der Waals surface area contributed by atoms with Crippen LogP contribution in [0, 0.1) is 0 Å². The van der Waals surface area contributed by atoms with Gasteiger partial charge in [-0.1, -0.05) is 12.1 Å². The van der Waals surface area contributed by atoms with Crippen LogP contribution in [0.3, 0.4) is 0 Å². The molecule has 5 nitrogen and oxygen atoms in total. The summed E-state index contributed by atoms with van der Waals surface area (Å²) in [5, 5.41) is 6.45. The summed E-state index contributed by atoms with van der Waals surface area (Å²) in [6.45, 7) is 4.51. The Labute approximate surface area is 122 Å². The number of H-pyrrole nitrogens is 1. The predicted molar refractivity (Wildman–Crippen MR) is 79.8 cm³/mol. The zero-order chi connectivity index (χ0) is 13.8. The lowest BCUT2D eigenvalue weighted by Gasteiger charge is -2.28. The van der Waals surface area contributed by atoms with Crippen LogP contribution in [0.1, 0.15) is 29.6 Å². The van der Waals surface area contributed by atoms with Gasteiger partial charge in [0.1, 0.15) is 6.61 Å². The van der Waals surface area contributed by atoms with Gasteiger partial charge in [-0.25, -0.2) is 4.98 Å². The summed E-state index contributed by atoms with van der Waals surface area (Å²) in [5.74, 6) is 1.56. The number of aromatic nitrogens is 2. The summed E-state index contributed by atoms with van der Waals surface area (Å²) in [4.78, 5) is 16.5. The number of imidazole rings is 1. The summed E-state index contributed by atoms with van der Waals surface area (Å²) in [5.41, 5.74) is 1.39. The molecular formula is C14H18N4OS. The molecule has 0 aliphatic carbocycles. The van der Waals surface area contributed by atoms with Crippen molar-refractivity contribution in [3.63, 3.8) is 0 Å². The van der Waals surface area contributed by atoms with Crippen LogP contribution in [0.5, 0.6) is 0 Å². The first-order valence-corrected chi connectivity index (χ1v) is 7.76. The van der Waals surface area contributed by atoms with Gasteiger partial charge in [0, 0.05) is 30.4 Å². The van der Waals surface area contributed by atoms with E-state index in [1.165, 1.54) is 10.4 Å². The highest BCUT2D eigenvalue weighted by Gasteiger charge is 2.23. The minimum Gasteiger partial charge on any atom is -0.394 e. The van der Waals surface area contributed by atoms with E-state index in [-0.39, 0.29) is 0 Å². The standard InChI is InChI=1S/C14H18N4OS/c1-2-8-19-17-14(13-15-5-6-16-13)18-7-3-12-11(10-18)4-9-20-12/h4-6,9H,2-3,7-8,10H2,1H3,(H,15,16)/b17-14-. The molecule has 0 unspecified atom stereocenters. The second-order valence-corrected chi connectivity index (χ2v) is 5.73. The van der Waals surface area contributed by atoms with Crippen molar-refractivity contribution in [3.8, 4) is 0 Å². The molecule has 6 heteroatoms. The van der Waals surface area contributed by atoms with Crippen molar-refractivity contribution in [1.29, 1.82) is 0 Å². The van der Waals surface area contributed by atoms with Crippen LogP contribution in [-0.4, -0.2) is 33.9 Å². The van der Waals surface area contributed by atoms with Crippen LogP contribution in [0.25, 0.3) is 0 Å². The van der Waals surface area contributed by atoms with Gasteiger partial charge in [0.15, 0.2) is 5.82 Å². The van der Waals surface area contributed by atoms with Gasteiger partial charge in [-0.05, 0) is 29.9 Å². The van der Waals surface area contributed by atoms with Gasteiger partial charge >= 0.3 is 0 Å². The number of aromatic amines is 1. The molecule has 0 spiro atoms. The fraction of sp³-hybridized carbons (Fsp3) is 0.429. The van der Waals surface area contributed by atoms with Gasteiger partial charge in [-0.3, -0.25) is 0 Å². The Morgan fingerprint density at radius 2 is 2.55 bits per heavy atom. The number of hydrogen-bond donors (Lipinski definition) is 1. The number of thiophene rings is 1. The first kappa shape index (κ1) is 13.2. The van der Waals surface area contributed by atoms with Gasteiger partial charge in [0.2, 0.25) is 5.84 Å². The number of fused-ring (bicyclic) bond motifs is 1. The van der Waals surface area contributed by atoms with Crippen molar-refractivity contribution in [2.75, 3.05) is 13.2 Å². The normalized spacial score (nSPS) is 15.2. The Balaban J connectivity index is 1.81. The van der Waals surface area contributed by atoms with E-state index in [0.717, 1.165) is 37.6 Å². The van der Waals surface area contributed by atoms with Crippen molar-refractivity contribution in [2.45, 2.75) is 26.3 Å². The molecular weight excluding hydrogens is 272 g/mol. The zero-order valence-corrected chi connectivity index (χ0v) is 12.3. The number of hydrogen-bond acceptors (Lipinski definition) is 4. The maximum atomic E-state index is 5.38. The van der Waals surface area contributed by atoms with E-state index in [9.17, 15) is 0 Å². The first-order chi connectivity index (χ1) is 9.88. The van der Waals surface area contributed by atoms with Gasteiger partial charge in [0.25, 0.3) is 0 Å². The summed E-state index contributed by atoms with van der Waals surface area (Å²) in [6.07, 6.45) is 5.55. The minimum atomic E-state index is 0.627. The quantitative estimate of drug-likeness (QED) is 0.407. The molecule has 0 amide bonds. The monoisotopic (exact) mass is 290 g/mol. The number of nitrogens with one attached hydrogen (secondary N) is 1. The highest BCUT2D eigenvalue weighted by atomic mass is 32.1. The summed E-state index contributed by atoms with van der Waals surface area (Å²) >= 11 is 1.84. The molecule has 1 aliphatic rings. The van der Waals surface area contributed by atoms with Crippen molar-refractivity contribution >= 4 is 17.2 Å². The van der Waals surface area contributed by atoms with Crippen LogP contribution in [-0.2, 0) is 17.8 Å². The molecule has 0 bridgehead atoms. The fourth-order valence-corrected chi connectivity index (χ4v) is 3.16. The maximum Gasteiger partial charge on any atom is 0.211 e. The third-order valence-corrected chi connectivity index (χ3v) is 4.29. The highest BCUT2D eigenvalue weighted by Crippen LogP contribution is 2.24. The van der Waals surface area contributed by atoms with Crippen molar-refractivity contribution in [2.24, 2.45) is 5.16 Å². The Morgan fingerprint density at radius 1 is 1.60 bits per heavy atom. The number of oxime groups is 1. The molecule has 0 atom stereocenters. The molecule has 0 saturated heterocycles.